The first-order chi connectivity index (χ1) is 19.5. The fourth-order valence-electron chi connectivity index (χ4n) is 5.25. The number of aromatic carboxylic acids is 1. The molecule has 0 saturated heterocycles. The lowest BCUT2D eigenvalue weighted by Gasteiger charge is -2.30. The second kappa shape index (κ2) is 15.2. The number of nitrogens with zero attached hydrogens (tertiary/aromatic N) is 1. The molecule has 0 aromatic heterocycles. The highest BCUT2D eigenvalue weighted by atomic mass is 16.5. The average molecular weight is 545 g/mol. The number of carbonyl (C=O) groups excluding carboxylic acids is 1. The summed E-state index contributed by atoms with van der Waals surface area (Å²) in [7, 11) is 0. The molecule has 2 amide bonds. The zero-order chi connectivity index (χ0) is 28.2. The molecule has 7 nitrogen and oxygen atoms in total. The molecule has 3 aromatic rings. The summed E-state index contributed by atoms with van der Waals surface area (Å²) in [6.45, 7) is 3.67. The van der Waals surface area contributed by atoms with Crippen molar-refractivity contribution in [2.75, 3.05) is 25.0 Å². The van der Waals surface area contributed by atoms with Crippen LogP contribution in [-0.2, 0) is 22.5 Å². The van der Waals surface area contributed by atoms with E-state index in [4.69, 9.17) is 9.47 Å². The summed E-state index contributed by atoms with van der Waals surface area (Å²) in [5.74, 6) is -0.925. The lowest BCUT2D eigenvalue weighted by atomic mass is 9.94. The number of urea groups is 1. The van der Waals surface area contributed by atoms with Crippen LogP contribution in [0.25, 0.3) is 0 Å². The van der Waals surface area contributed by atoms with Gasteiger partial charge in [0.2, 0.25) is 0 Å². The van der Waals surface area contributed by atoms with Crippen LogP contribution in [0.1, 0.15) is 59.2 Å². The predicted molar refractivity (Wildman–Crippen MR) is 157 cm³/mol. The lowest BCUT2D eigenvalue weighted by Crippen LogP contribution is -2.39. The maximum absolute atomic E-state index is 13.1. The van der Waals surface area contributed by atoms with Gasteiger partial charge in [-0.05, 0) is 74.3 Å². The third kappa shape index (κ3) is 8.93. The highest BCUT2D eigenvalue weighted by molar-refractivity contribution is 5.91. The van der Waals surface area contributed by atoms with Crippen LogP contribution in [0.3, 0.4) is 0 Å². The molecule has 1 aliphatic rings. The van der Waals surface area contributed by atoms with Crippen molar-refractivity contribution in [2.45, 2.75) is 64.3 Å². The molecular weight excluding hydrogens is 504 g/mol. The van der Waals surface area contributed by atoms with Crippen LogP contribution in [0.2, 0.25) is 0 Å². The summed E-state index contributed by atoms with van der Waals surface area (Å²) < 4.78 is 12.4. The smallest absolute Gasteiger partial charge is 0.336 e. The highest BCUT2D eigenvalue weighted by Crippen LogP contribution is 2.25. The number of carbonyl (C=O) groups is 2. The van der Waals surface area contributed by atoms with Crippen molar-refractivity contribution in [3.05, 3.63) is 101 Å². The minimum absolute atomic E-state index is 0.0178. The van der Waals surface area contributed by atoms with Gasteiger partial charge in [-0.25, -0.2) is 9.59 Å². The van der Waals surface area contributed by atoms with E-state index in [1.807, 2.05) is 78.6 Å². The van der Waals surface area contributed by atoms with Gasteiger partial charge in [0.15, 0.2) is 0 Å². The van der Waals surface area contributed by atoms with E-state index >= 15 is 0 Å². The number of rotatable bonds is 13. The Labute approximate surface area is 237 Å². The van der Waals surface area contributed by atoms with E-state index in [2.05, 4.69) is 17.4 Å². The number of carboxylic acid groups (broad SMARTS) is 1. The number of benzene rings is 3. The van der Waals surface area contributed by atoms with Gasteiger partial charge in [0, 0.05) is 18.8 Å². The largest absolute Gasteiger partial charge is 0.478 e. The average Bonchev–Trinajstić information content (AvgIpc) is 2.96. The van der Waals surface area contributed by atoms with Crippen LogP contribution in [0, 0.1) is 6.92 Å². The van der Waals surface area contributed by atoms with E-state index < -0.39 is 5.97 Å². The van der Waals surface area contributed by atoms with Gasteiger partial charge in [-0.1, -0.05) is 66.7 Å². The molecule has 0 spiro atoms. The maximum atomic E-state index is 13.1. The van der Waals surface area contributed by atoms with E-state index in [1.165, 1.54) is 5.56 Å². The molecule has 0 radical (unpaired) electrons. The van der Waals surface area contributed by atoms with Crippen molar-refractivity contribution in [3.63, 3.8) is 0 Å². The standard InChI is InChI=1S/C33H40N2O5/c1-25-11-8-15-27(31(25)32(36)37)24-40-30-19-9-18-29(23-30)39-22-21-35(20-10-14-26-12-4-2-5-13-26)33(38)34-28-16-6-3-7-17-28/h2-8,11-13,15-17,29-30H,9-10,14,18-24H2,1H3,(H,34,38)(H,36,37)/t29-,30+/m0/s1. The number of hydrogen-bond donors (Lipinski definition) is 2. The van der Waals surface area contributed by atoms with Crippen LogP contribution in [0.15, 0.2) is 78.9 Å². The zero-order valence-electron chi connectivity index (χ0n) is 23.3. The Bertz CT molecular complexity index is 1220. The summed E-state index contributed by atoms with van der Waals surface area (Å²) in [5.41, 5.74) is 3.80. The van der Waals surface area contributed by atoms with E-state index in [-0.39, 0.29) is 24.8 Å². The second-order valence-electron chi connectivity index (χ2n) is 10.4. The summed E-state index contributed by atoms with van der Waals surface area (Å²) in [6, 6.07) is 25.2. The molecule has 2 N–H and O–H groups in total. The Kier molecular flexibility index (Phi) is 11.1. The van der Waals surface area contributed by atoms with Gasteiger partial charge in [-0.2, -0.15) is 0 Å². The van der Waals surface area contributed by atoms with Crippen LogP contribution in [0.4, 0.5) is 10.5 Å². The monoisotopic (exact) mass is 544 g/mol. The molecule has 1 saturated carbocycles. The summed E-state index contributed by atoms with van der Waals surface area (Å²) in [5, 5.41) is 12.6. The number of nitrogens with one attached hydrogen (secondary N) is 1. The third-order valence-corrected chi connectivity index (χ3v) is 7.39. The maximum Gasteiger partial charge on any atom is 0.336 e. The van der Waals surface area contributed by atoms with Gasteiger partial charge in [0.05, 0.1) is 31.0 Å². The van der Waals surface area contributed by atoms with Crippen LogP contribution >= 0.6 is 0 Å². The molecule has 7 heteroatoms. The van der Waals surface area contributed by atoms with Crippen molar-refractivity contribution >= 4 is 17.7 Å². The zero-order valence-corrected chi connectivity index (χ0v) is 23.3. The quantitative estimate of drug-likeness (QED) is 0.250. The minimum atomic E-state index is -0.925. The number of para-hydroxylation sites is 1. The number of amides is 2. The van der Waals surface area contributed by atoms with Crippen molar-refractivity contribution in [3.8, 4) is 0 Å². The first kappa shape index (κ1) is 29.3. The van der Waals surface area contributed by atoms with Crippen LogP contribution in [0.5, 0.6) is 0 Å². The fourth-order valence-corrected chi connectivity index (χ4v) is 5.25. The van der Waals surface area contributed by atoms with Crippen molar-refractivity contribution < 1.29 is 24.2 Å². The third-order valence-electron chi connectivity index (χ3n) is 7.39. The van der Waals surface area contributed by atoms with Crippen molar-refractivity contribution in [1.82, 2.24) is 4.90 Å². The number of carboxylic acids is 1. The first-order valence-electron chi connectivity index (χ1n) is 14.2. The Hall–Kier alpha value is -3.68. The van der Waals surface area contributed by atoms with Gasteiger partial charge in [-0.15, -0.1) is 0 Å². The summed E-state index contributed by atoms with van der Waals surface area (Å²) in [6.07, 6.45) is 5.48. The minimum Gasteiger partial charge on any atom is -0.478 e. The Morgan fingerprint density at radius 2 is 1.60 bits per heavy atom. The molecule has 0 unspecified atom stereocenters. The Balaban J connectivity index is 1.27. The van der Waals surface area contributed by atoms with Gasteiger partial charge < -0.3 is 24.8 Å². The predicted octanol–water partition coefficient (Wildman–Crippen LogP) is 6.70. The topological polar surface area (TPSA) is 88.1 Å². The van der Waals surface area contributed by atoms with E-state index in [9.17, 15) is 14.7 Å². The van der Waals surface area contributed by atoms with Crippen LogP contribution < -0.4 is 5.32 Å². The number of ether oxygens (including phenoxy) is 2. The molecule has 3 aromatic carbocycles. The van der Waals surface area contributed by atoms with Crippen LogP contribution in [-0.4, -0.2) is 53.9 Å². The van der Waals surface area contributed by atoms with E-state index in [1.54, 1.807) is 0 Å². The number of aryl methyl sites for hydroxylation is 2. The summed E-state index contributed by atoms with van der Waals surface area (Å²) >= 11 is 0. The molecule has 2 atom stereocenters. The highest BCUT2D eigenvalue weighted by Gasteiger charge is 2.24. The molecule has 1 fully saturated rings. The van der Waals surface area contributed by atoms with E-state index in [0.717, 1.165) is 49.8 Å². The van der Waals surface area contributed by atoms with E-state index in [0.29, 0.717) is 30.8 Å². The SMILES string of the molecule is Cc1cccc(CO[C@@H]2CCC[C@H](OCCN(CCCc3ccccc3)C(=O)Nc3ccccc3)C2)c1C(=O)O. The molecule has 0 bridgehead atoms. The number of hydrogen-bond acceptors (Lipinski definition) is 4. The Morgan fingerprint density at radius 1 is 0.900 bits per heavy atom. The number of anilines is 1. The second-order valence-corrected chi connectivity index (χ2v) is 10.4. The molecule has 40 heavy (non-hydrogen) atoms. The van der Waals surface area contributed by atoms with Gasteiger partial charge in [0.1, 0.15) is 0 Å². The molecule has 0 aliphatic heterocycles. The Morgan fingerprint density at radius 3 is 2.33 bits per heavy atom. The lowest BCUT2D eigenvalue weighted by molar-refractivity contribution is -0.0523. The molecular formula is C33H40N2O5. The molecule has 0 heterocycles. The molecule has 4 rings (SSSR count). The van der Waals surface area contributed by atoms with Crippen molar-refractivity contribution in [2.24, 2.45) is 0 Å². The normalized spacial score (nSPS) is 16.8. The van der Waals surface area contributed by atoms with Gasteiger partial charge >= 0.3 is 12.0 Å². The first-order valence-corrected chi connectivity index (χ1v) is 14.2. The molecule has 212 valence electrons. The van der Waals surface area contributed by atoms with Crippen molar-refractivity contribution in [1.29, 1.82) is 0 Å². The summed E-state index contributed by atoms with van der Waals surface area (Å²) in [4.78, 5) is 26.6. The fraction of sp³-hybridized carbons (Fsp3) is 0.394. The van der Waals surface area contributed by atoms with Gasteiger partial charge in [-0.3, -0.25) is 0 Å². The van der Waals surface area contributed by atoms with Gasteiger partial charge in [0.25, 0.3) is 0 Å². The molecule has 1 aliphatic carbocycles.